The SMILES string of the molecule is NC(=O)C1(N)CCC(Sc2ccc(F)cc2F)C1. The van der Waals surface area contributed by atoms with Gasteiger partial charge in [-0.25, -0.2) is 8.78 Å². The maximum atomic E-state index is 13.5. The number of amides is 1. The summed E-state index contributed by atoms with van der Waals surface area (Å²) in [5.74, 6) is -1.72. The highest BCUT2D eigenvalue weighted by molar-refractivity contribution is 8.00. The summed E-state index contributed by atoms with van der Waals surface area (Å²) in [6, 6.07) is 3.46. The molecule has 18 heavy (non-hydrogen) atoms. The molecular weight excluding hydrogens is 258 g/mol. The summed E-state index contributed by atoms with van der Waals surface area (Å²) < 4.78 is 26.2. The lowest BCUT2D eigenvalue weighted by Crippen LogP contribution is -2.50. The molecule has 0 aromatic heterocycles. The predicted octanol–water partition coefficient (Wildman–Crippen LogP) is 1.79. The minimum Gasteiger partial charge on any atom is -0.368 e. The molecular formula is C12H14F2N2OS. The molecule has 0 heterocycles. The van der Waals surface area contributed by atoms with E-state index in [9.17, 15) is 13.6 Å². The van der Waals surface area contributed by atoms with Crippen molar-refractivity contribution in [1.82, 2.24) is 0 Å². The zero-order chi connectivity index (χ0) is 13.3. The quantitative estimate of drug-likeness (QED) is 0.881. The Morgan fingerprint density at radius 2 is 2.17 bits per heavy atom. The van der Waals surface area contributed by atoms with Gasteiger partial charge in [0.05, 0.1) is 5.54 Å². The normalized spacial score (nSPS) is 27.4. The average Bonchev–Trinajstić information content (AvgIpc) is 2.66. The summed E-state index contributed by atoms with van der Waals surface area (Å²) in [6.45, 7) is 0. The van der Waals surface area contributed by atoms with Crippen LogP contribution in [0.2, 0.25) is 0 Å². The van der Waals surface area contributed by atoms with Crippen molar-refractivity contribution in [2.75, 3.05) is 0 Å². The van der Waals surface area contributed by atoms with E-state index < -0.39 is 23.1 Å². The first-order valence-corrected chi connectivity index (χ1v) is 6.49. The van der Waals surface area contributed by atoms with E-state index in [4.69, 9.17) is 11.5 Å². The van der Waals surface area contributed by atoms with Crippen LogP contribution in [0.1, 0.15) is 19.3 Å². The predicted molar refractivity (Wildman–Crippen MR) is 66.0 cm³/mol. The summed E-state index contributed by atoms with van der Waals surface area (Å²) >= 11 is 1.28. The molecule has 1 amide bonds. The topological polar surface area (TPSA) is 69.1 Å². The van der Waals surface area contributed by atoms with Crippen LogP contribution in [0.3, 0.4) is 0 Å². The van der Waals surface area contributed by atoms with E-state index in [-0.39, 0.29) is 5.25 Å². The van der Waals surface area contributed by atoms with E-state index in [1.54, 1.807) is 0 Å². The minimum atomic E-state index is -0.992. The molecule has 1 aliphatic rings. The molecule has 1 aromatic rings. The van der Waals surface area contributed by atoms with Crippen LogP contribution >= 0.6 is 11.8 Å². The number of thioether (sulfide) groups is 1. The third-order valence-electron chi connectivity index (χ3n) is 3.18. The number of halogens is 2. The van der Waals surface area contributed by atoms with Crippen LogP contribution in [-0.2, 0) is 4.79 Å². The van der Waals surface area contributed by atoms with Crippen molar-refractivity contribution in [2.24, 2.45) is 11.5 Å². The van der Waals surface area contributed by atoms with Gasteiger partial charge in [0.1, 0.15) is 11.6 Å². The van der Waals surface area contributed by atoms with Gasteiger partial charge in [-0.2, -0.15) is 0 Å². The Kier molecular flexibility index (Phi) is 3.59. The fourth-order valence-electron chi connectivity index (χ4n) is 2.10. The molecule has 3 nitrogen and oxygen atoms in total. The van der Waals surface area contributed by atoms with Crippen molar-refractivity contribution in [1.29, 1.82) is 0 Å². The first-order valence-electron chi connectivity index (χ1n) is 5.61. The van der Waals surface area contributed by atoms with Crippen LogP contribution in [0.25, 0.3) is 0 Å². The summed E-state index contributed by atoms with van der Waals surface area (Å²) in [6.07, 6.45) is 1.62. The Labute approximate surface area is 108 Å². The van der Waals surface area contributed by atoms with Crippen molar-refractivity contribution in [2.45, 2.75) is 34.9 Å². The maximum absolute atomic E-state index is 13.5. The number of benzene rings is 1. The third kappa shape index (κ3) is 2.64. The Balaban J connectivity index is 2.06. The highest BCUT2D eigenvalue weighted by Crippen LogP contribution is 2.39. The number of nitrogens with two attached hydrogens (primary N) is 2. The number of hydrogen-bond donors (Lipinski definition) is 2. The number of carbonyl (C=O) groups excluding carboxylic acids is 1. The van der Waals surface area contributed by atoms with E-state index in [1.165, 1.54) is 23.9 Å². The van der Waals surface area contributed by atoms with Gasteiger partial charge in [0.25, 0.3) is 0 Å². The second-order valence-electron chi connectivity index (χ2n) is 4.58. The zero-order valence-electron chi connectivity index (χ0n) is 9.66. The molecule has 0 bridgehead atoms. The largest absolute Gasteiger partial charge is 0.368 e. The second-order valence-corrected chi connectivity index (χ2v) is 5.92. The molecule has 2 atom stereocenters. The van der Waals surface area contributed by atoms with Crippen LogP contribution in [0.4, 0.5) is 8.78 Å². The van der Waals surface area contributed by atoms with Crippen LogP contribution in [-0.4, -0.2) is 16.7 Å². The van der Waals surface area contributed by atoms with Gasteiger partial charge in [0.2, 0.25) is 5.91 Å². The van der Waals surface area contributed by atoms with Crippen molar-refractivity contribution in [3.63, 3.8) is 0 Å². The van der Waals surface area contributed by atoms with Crippen LogP contribution in [0, 0.1) is 11.6 Å². The van der Waals surface area contributed by atoms with Gasteiger partial charge in [-0.15, -0.1) is 11.8 Å². The van der Waals surface area contributed by atoms with Crippen molar-refractivity contribution < 1.29 is 13.6 Å². The van der Waals surface area contributed by atoms with Gasteiger partial charge < -0.3 is 11.5 Å². The number of carbonyl (C=O) groups is 1. The molecule has 4 N–H and O–H groups in total. The van der Waals surface area contributed by atoms with Crippen molar-refractivity contribution >= 4 is 17.7 Å². The van der Waals surface area contributed by atoms with Crippen molar-refractivity contribution in [3.8, 4) is 0 Å². The molecule has 98 valence electrons. The Morgan fingerprint density at radius 1 is 1.44 bits per heavy atom. The fourth-order valence-corrected chi connectivity index (χ4v) is 3.40. The summed E-state index contributed by atoms with van der Waals surface area (Å²) in [7, 11) is 0. The molecule has 0 saturated heterocycles. The van der Waals surface area contributed by atoms with Gasteiger partial charge >= 0.3 is 0 Å². The van der Waals surface area contributed by atoms with Crippen LogP contribution in [0.5, 0.6) is 0 Å². The number of primary amides is 1. The van der Waals surface area contributed by atoms with Crippen molar-refractivity contribution in [3.05, 3.63) is 29.8 Å². The zero-order valence-corrected chi connectivity index (χ0v) is 10.5. The second kappa shape index (κ2) is 4.85. The fraction of sp³-hybridized carbons (Fsp3) is 0.417. The maximum Gasteiger partial charge on any atom is 0.237 e. The van der Waals surface area contributed by atoms with Gasteiger partial charge in [0.15, 0.2) is 0 Å². The van der Waals surface area contributed by atoms with E-state index in [0.29, 0.717) is 24.2 Å². The highest BCUT2D eigenvalue weighted by atomic mass is 32.2. The Morgan fingerprint density at radius 3 is 2.72 bits per heavy atom. The van der Waals surface area contributed by atoms with E-state index >= 15 is 0 Å². The molecule has 0 radical (unpaired) electrons. The molecule has 1 fully saturated rings. The van der Waals surface area contributed by atoms with Gasteiger partial charge in [-0.05, 0) is 31.4 Å². The Bertz CT molecular complexity index is 483. The lowest BCUT2D eigenvalue weighted by molar-refractivity contribution is -0.122. The molecule has 1 aromatic carbocycles. The number of rotatable bonds is 3. The smallest absolute Gasteiger partial charge is 0.237 e. The Hall–Kier alpha value is -1.14. The molecule has 6 heteroatoms. The van der Waals surface area contributed by atoms with E-state index in [0.717, 1.165) is 6.07 Å². The van der Waals surface area contributed by atoms with E-state index in [1.807, 2.05) is 0 Å². The number of hydrogen-bond acceptors (Lipinski definition) is 3. The lowest BCUT2D eigenvalue weighted by atomic mass is 9.99. The summed E-state index contributed by atoms with van der Waals surface area (Å²) in [5, 5.41) is 0.0301. The minimum absolute atomic E-state index is 0.0301. The monoisotopic (exact) mass is 272 g/mol. The lowest BCUT2D eigenvalue weighted by Gasteiger charge is -2.19. The van der Waals surface area contributed by atoms with Gasteiger partial charge in [-0.1, -0.05) is 0 Å². The average molecular weight is 272 g/mol. The molecule has 2 unspecified atom stereocenters. The van der Waals surface area contributed by atoms with Crippen LogP contribution in [0.15, 0.2) is 23.1 Å². The molecule has 2 rings (SSSR count). The van der Waals surface area contributed by atoms with Gasteiger partial charge in [0, 0.05) is 16.2 Å². The molecule has 1 aliphatic carbocycles. The van der Waals surface area contributed by atoms with E-state index in [2.05, 4.69) is 0 Å². The molecule has 1 saturated carbocycles. The van der Waals surface area contributed by atoms with Gasteiger partial charge in [-0.3, -0.25) is 4.79 Å². The highest BCUT2D eigenvalue weighted by Gasteiger charge is 2.41. The summed E-state index contributed by atoms with van der Waals surface area (Å²) in [5.41, 5.74) is 10.1. The van der Waals surface area contributed by atoms with Crippen LogP contribution < -0.4 is 11.5 Å². The first kappa shape index (κ1) is 13.3. The first-order chi connectivity index (χ1) is 8.40. The standard InChI is InChI=1S/C12H14F2N2OS/c13-7-1-2-10(9(14)5-7)18-8-3-4-12(16,6-8)11(15)17/h1-2,5,8H,3-4,6,16H2,(H2,15,17). The molecule has 0 aliphatic heterocycles. The third-order valence-corrected chi connectivity index (χ3v) is 4.50. The molecule has 0 spiro atoms. The summed E-state index contributed by atoms with van der Waals surface area (Å²) in [4.78, 5) is 11.6.